The van der Waals surface area contributed by atoms with E-state index in [2.05, 4.69) is 14.9 Å². The summed E-state index contributed by atoms with van der Waals surface area (Å²) in [6, 6.07) is 13.0. The monoisotopic (exact) mass is 343 g/mol. The minimum absolute atomic E-state index is 0.149. The van der Waals surface area contributed by atoms with Gasteiger partial charge in [-0.2, -0.15) is 0 Å². The minimum Gasteiger partial charge on any atom is -0.497 e. The highest BCUT2D eigenvalue weighted by atomic mass is 35.5. The summed E-state index contributed by atoms with van der Waals surface area (Å²) >= 11 is 5.99. The smallest absolute Gasteiger partial charge is 0.258 e. The number of benzene rings is 2. The van der Waals surface area contributed by atoms with Gasteiger partial charge in [0.05, 0.1) is 24.6 Å². The van der Waals surface area contributed by atoms with Crippen LogP contribution >= 0.6 is 11.6 Å². The molecular weight excluding hydrogens is 326 g/mol. The first kappa shape index (κ1) is 16.5. The molecule has 124 valence electrons. The number of H-pyrrole nitrogens is 1. The molecule has 0 aliphatic carbocycles. The Bertz CT molecular complexity index is 906. The van der Waals surface area contributed by atoms with E-state index in [1.54, 1.807) is 25.3 Å². The van der Waals surface area contributed by atoms with Crippen LogP contribution in [0.25, 0.3) is 10.9 Å². The maximum Gasteiger partial charge on any atom is 0.258 e. The fourth-order valence-corrected chi connectivity index (χ4v) is 2.76. The molecule has 0 atom stereocenters. The lowest BCUT2D eigenvalue weighted by Crippen LogP contribution is -2.21. The molecule has 0 aliphatic rings. The van der Waals surface area contributed by atoms with Crippen molar-refractivity contribution in [1.29, 1.82) is 0 Å². The molecule has 24 heavy (non-hydrogen) atoms. The molecule has 0 saturated carbocycles. The Morgan fingerprint density at radius 2 is 1.92 bits per heavy atom. The van der Waals surface area contributed by atoms with Gasteiger partial charge in [-0.3, -0.25) is 9.69 Å². The summed E-state index contributed by atoms with van der Waals surface area (Å²) in [5, 5.41) is 1.11. The van der Waals surface area contributed by atoms with Crippen LogP contribution in [0.4, 0.5) is 0 Å². The third kappa shape index (κ3) is 3.75. The highest BCUT2D eigenvalue weighted by Crippen LogP contribution is 2.16. The summed E-state index contributed by atoms with van der Waals surface area (Å²) in [5.41, 5.74) is 1.62. The largest absolute Gasteiger partial charge is 0.497 e. The first-order valence-corrected chi connectivity index (χ1v) is 7.93. The zero-order valence-electron chi connectivity index (χ0n) is 13.5. The number of halogens is 1. The number of ether oxygens (including phenoxy) is 1. The number of nitrogens with one attached hydrogen (secondary N) is 1. The zero-order chi connectivity index (χ0) is 17.1. The van der Waals surface area contributed by atoms with Gasteiger partial charge in [-0.15, -0.1) is 0 Å². The second-order valence-electron chi connectivity index (χ2n) is 5.69. The lowest BCUT2D eigenvalue weighted by molar-refractivity contribution is 0.310. The second-order valence-corrected chi connectivity index (χ2v) is 6.13. The van der Waals surface area contributed by atoms with Crippen LogP contribution < -0.4 is 10.3 Å². The topological polar surface area (TPSA) is 58.2 Å². The van der Waals surface area contributed by atoms with Crippen molar-refractivity contribution in [3.8, 4) is 5.75 Å². The first-order valence-electron chi connectivity index (χ1n) is 7.55. The SMILES string of the molecule is COc1ccc(CN(C)Cc2nc3cc(Cl)ccc3c(=O)[nH]2)cc1. The summed E-state index contributed by atoms with van der Waals surface area (Å²) in [7, 11) is 3.63. The summed E-state index contributed by atoms with van der Waals surface area (Å²) < 4.78 is 5.16. The molecule has 0 saturated heterocycles. The Labute approximate surface area is 144 Å². The van der Waals surface area contributed by atoms with Gasteiger partial charge in [-0.25, -0.2) is 4.98 Å². The first-order chi connectivity index (χ1) is 11.5. The summed E-state index contributed by atoms with van der Waals surface area (Å²) in [5.74, 6) is 1.45. The molecule has 0 aliphatic heterocycles. The molecular formula is C18H18ClN3O2. The second kappa shape index (κ2) is 7.03. The van der Waals surface area contributed by atoms with Gasteiger partial charge >= 0.3 is 0 Å². The Hall–Kier alpha value is -2.37. The highest BCUT2D eigenvalue weighted by Gasteiger charge is 2.08. The van der Waals surface area contributed by atoms with Crippen LogP contribution in [0, 0.1) is 0 Å². The van der Waals surface area contributed by atoms with E-state index in [0.717, 1.165) is 17.9 Å². The van der Waals surface area contributed by atoms with Gasteiger partial charge in [0.15, 0.2) is 0 Å². The number of rotatable bonds is 5. The molecule has 0 spiro atoms. The Morgan fingerprint density at radius 1 is 1.17 bits per heavy atom. The van der Waals surface area contributed by atoms with Crippen LogP contribution in [0.5, 0.6) is 5.75 Å². The van der Waals surface area contributed by atoms with Crippen molar-refractivity contribution in [3.05, 3.63) is 69.2 Å². The maximum atomic E-state index is 12.2. The quantitative estimate of drug-likeness (QED) is 0.772. The van der Waals surface area contributed by atoms with Crippen molar-refractivity contribution >= 4 is 22.5 Å². The van der Waals surface area contributed by atoms with E-state index in [9.17, 15) is 4.79 Å². The number of hydrogen-bond acceptors (Lipinski definition) is 4. The Morgan fingerprint density at radius 3 is 2.62 bits per heavy atom. The van der Waals surface area contributed by atoms with Gasteiger partial charge in [0.2, 0.25) is 0 Å². The van der Waals surface area contributed by atoms with Gasteiger partial charge in [0.25, 0.3) is 5.56 Å². The molecule has 0 radical (unpaired) electrons. The maximum absolute atomic E-state index is 12.2. The Balaban J connectivity index is 1.77. The van der Waals surface area contributed by atoms with Gasteiger partial charge in [-0.1, -0.05) is 23.7 Å². The van der Waals surface area contributed by atoms with E-state index >= 15 is 0 Å². The van der Waals surface area contributed by atoms with Crippen LogP contribution in [0.2, 0.25) is 5.02 Å². The van der Waals surface area contributed by atoms with E-state index in [1.165, 1.54) is 0 Å². The lowest BCUT2D eigenvalue weighted by Gasteiger charge is -2.16. The van der Waals surface area contributed by atoms with E-state index in [1.807, 2.05) is 31.3 Å². The van der Waals surface area contributed by atoms with Crippen LogP contribution in [0.3, 0.4) is 0 Å². The van der Waals surface area contributed by atoms with Crippen molar-refractivity contribution in [2.24, 2.45) is 0 Å². The van der Waals surface area contributed by atoms with E-state index in [4.69, 9.17) is 16.3 Å². The number of methoxy groups -OCH3 is 1. The van der Waals surface area contributed by atoms with Crippen molar-refractivity contribution in [2.75, 3.05) is 14.2 Å². The fourth-order valence-electron chi connectivity index (χ4n) is 2.59. The highest BCUT2D eigenvalue weighted by molar-refractivity contribution is 6.31. The molecule has 6 heteroatoms. The molecule has 0 unspecified atom stereocenters. The summed E-state index contributed by atoms with van der Waals surface area (Å²) in [6.45, 7) is 1.27. The van der Waals surface area contributed by atoms with E-state index < -0.39 is 0 Å². The molecule has 0 fully saturated rings. The van der Waals surface area contributed by atoms with Crippen molar-refractivity contribution in [1.82, 2.24) is 14.9 Å². The van der Waals surface area contributed by atoms with Gasteiger partial charge < -0.3 is 9.72 Å². The molecule has 1 heterocycles. The number of aromatic nitrogens is 2. The summed E-state index contributed by atoms with van der Waals surface area (Å²) in [4.78, 5) is 21.6. The van der Waals surface area contributed by atoms with Crippen LogP contribution in [0.1, 0.15) is 11.4 Å². The number of hydrogen-bond donors (Lipinski definition) is 1. The molecule has 1 N–H and O–H groups in total. The molecule has 5 nitrogen and oxygen atoms in total. The van der Waals surface area contributed by atoms with Crippen molar-refractivity contribution in [2.45, 2.75) is 13.1 Å². The van der Waals surface area contributed by atoms with Crippen LogP contribution in [-0.2, 0) is 13.1 Å². The van der Waals surface area contributed by atoms with Gasteiger partial charge in [-0.05, 0) is 42.9 Å². The van der Waals surface area contributed by atoms with E-state index in [0.29, 0.717) is 28.3 Å². The molecule has 3 aromatic rings. The lowest BCUT2D eigenvalue weighted by atomic mass is 10.2. The standard InChI is InChI=1S/C18H18ClN3O2/c1-22(10-12-3-6-14(24-2)7-4-12)11-17-20-16-9-13(19)5-8-15(16)18(23)21-17/h3-9H,10-11H2,1-2H3,(H,20,21,23). The van der Waals surface area contributed by atoms with Gasteiger partial charge in [0.1, 0.15) is 11.6 Å². The molecule has 2 aromatic carbocycles. The van der Waals surface area contributed by atoms with Crippen molar-refractivity contribution < 1.29 is 4.74 Å². The average Bonchev–Trinajstić information content (AvgIpc) is 2.55. The zero-order valence-corrected chi connectivity index (χ0v) is 14.3. The Kier molecular flexibility index (Phi) is 4.83. The number of aromatic amines is 1. The summed E-state index contributed by atoms with van der Waals surface area (Å²) in [6.07, 6.45) is 0. The van der Waals surface area contributed by atoms with E-state index in [-0.39, 0.29) is 5.56 Å². The number of fused-ring (bicyclic) bond motifs is 1. The average molecular weight is 344 g/mol. The predicted octanol–water partition coefficient (Wildman–Crippen LogP) is 3.22. The fraction of sp³-hybridized carbons (Fsp3) is 0.222. The molecule has 3 rings (SSSR count). The van der Waals surface area contributed by atoms with Crippen LogP contribution in [0.15, 0.2) is 47.3 Å². The third-order valence-corrected chi connectivity index (χ3v) is 3.98. The molecule has 0 bridgehead atoms. The molecule has 0 amide bonds. The third-order valence-electron chi connectivity index (χ3n) is 3.75. The number of nitrogens with zero attached hydrogens (tertiary/aromatic N) is 2. The normalized spacial score (nSPS) is 11.2. The predicted molar refractivity (Wildman–Crippen MR) is 95.5 cm³/mol. The van der Waals surface area contributed by atoms with Gasteiger partial charge in [0, 0.05) is 11.6 Å². The molecule has 1 aromatic heterocycles. The van der Waals surface area contributed by atoms with Crippen LogP contribution in [-0.4, -0.2) is 29.0 Å². The van der Waals surface area contributed by atoms with Crippen molar-refractivity contribution in [3.63, 3.8) is 0 Å². The minimum atomic E-state index is -0.149.